The van der Waals surface area contributed by atoms with Crippen LogP contribution in [-0.2, 0) is 4.79 Å². The molecule has 0 aliphatic carbocycles. The molecular formula is C33H34FN9O3. The first kappa shape index (κ1) is 29.4. The van der Waals surface area contributed by atoms with Gasteiger partial charge in [-0.15, -0.1) is 0 Å². The number of anilines is 3. The minimum Gasteiger partial charge on any atom is -0.488 e. The molecule has 0 unspecified atom stereocenters. The summed E-state index contributed by atoms with van der Waals surface area (Å²) in [7, 11) is 3.96. The summed E-state index contributed by atoms with van der Waals surface area (Å²) < 4.78 is 29.6. The van der Waals surface area contributed by atoms with Crippen molar-refractivity contribution in [3.63, 3.8) is 0 Å². The van der Waals surface area contributed by atoms with Crippen molar-refractivity contribution in [3.8, 4) is 17.2 Å². The van der Waals surface area contributed by atoms with Crippen molar-refractivity contribution in [2.45, 2.75) is 25.9 Å². The van der Waals surface area contributed by atoms with E-state index in [1.54, 1.807) is 35.0 Å². The van der Waals surface area contributed by atoms with Crippen LogP contribution in [0, 0.1) is 12.7 Å². The molecule has 0 saturated carbocycles. The van der Waals surface area contributed by atoms with Gasteiger partial charge in [0.2, 0.25) is 5.91 Å². The van der Waals surface area contributed by atoms with E-state index in [4.69, 9.17) is 9.47 Å². The van der Waals surface area contributed by atoms with E-state index < -0.39 is 5.82 Å². The van der Waals surface area contributed by atoms with Crippen molar-refractivity contribution in [2.75, 3.05) is 50.6 Å². The number of benzene rings is 2. The molecule has 0 spiro atoms. The molecule has 5 heterocycles. The molecular weight excluding hydrogens is 589 g/mol. The fourth-order valence-electron chi connectivity index (χ4n) is 5.76. The Kier molecular flexibility index (Phi) is 7.61. The number of likely N-dealkylation sites (N-methyl/N-ethyl adjacent to an activating group) is 1. The van der Waals surface area contributed by atoms with Gasteiger partial charge in [-0.2, -0.15) is 5.10 Å². The van der Waals surface area contributed by atoms with E-state index in [1.165, 1.54) is 18.7 Å². The van der Waals surface area contributed by atoms with E-state index in [2.05, 4.69) is 30.3 Å². The van der Waals surface area contributed by atoms with E-state index in [9.17, 15) is 4.79 Å². The molecule has 5 aromatic rings. The summed E-state index contributed by atoms with van der Waals surface area (Å²) in [5.74, 6) is 1.38. The fraction of sp³-hybridized carbons (Fsp3) is 0.303. The third-order valence-electron chi connectivity index (χ3n) is 8.59. The summed E-state index contributed by atoms with van der Waals surface area (Å²) in [4.78, 5) is 32.5. The number of carbonyl (C=O) groups is 1. The van der Waals surface area contributed by atoms with Crippen LogP contribution < -0.4 is 19.7 Å². The average molecular weight is 624 g/mol. The SMILES string of the molecule is Cc1cc(Nc2ncnc3ccc4c(c23)OC[C@H]2CN4CCN2C(=O)/C=C/[C@@H](C)N(C)C)c(F)cc1Oc1ccn2ncnc2c1. The van der Waals surface area contributed by atoms with Crippen molar-refractivity contribution in [1.29, 1.82) is 0 Å². The highest BCUT2D eigenvalue weighted by Crippen LogP contribution is 2.42. The van der Waals surface area contributed by atoms with Crippen LogP contribution in [0.5, 0.6) is 17.2 Å². The summed E-state index contributed by atoms with van der Waals surface area (Å²) in [6.07, 6.45) is 8.20. The van der Waals surface area contributed by atoms with Gasteiger partial charge in [0.15, 0.2) is 11.4 Å². The highest BCUT2D eigenvalue weighted by molar-refractivity contribution is 6.00. The lowest BCUT2D eigenvalue weighted by Gasteiger charge is -2.39. The molecule has 3 aromatic heterocycles. The number of pyridine rings is 1. The summed E-state index contributed by atoms with van der Waals surface area (Å²) >= 11 is 0. The number of aryl methyl sites for hydroxylation is 1. The molecule has 2 aliphatic heterocycles. The van der Waals surface area contributed by atoms with E-state index in [-0.39, 0.29) is 23.7 Å². The second-order valence-electron chi connectivity index (χ2n) is 11.8. The summed E-state index contributed by atoms with van der Waals surface area (Å²) in [5, 5.41) is 7.91. The Balaban J connectivity index is 1.15. The topological polar surface area (TPSA) is 113 Å². The zero-order chi connectivity index (χ0) is 31.9. The van der Waals surface area contributed by atoms with Gasteiger partial charge in [-0.3, -0.25) is 4.79 Å². The quantitative estimate of drug-likeness (QED) is 0.259. The Morgan fingerprint density at radius 1 is 1.15 bits per heavy atom. The van der Waals surface area contributed by atoms with Crippen LogP contribution >= 0.6 is 0 Å². The predicted octanol–water partition coefficient (Wildman–Crippen LogP) is 4.57. The fourth-order valence-corrected chi connectivity index (χ4v) is 5.76. The summed E-state index contributed by atoms with van der Waals surface area (Å²) in [6, 6.07) is 10.4. The van der Waals surface area contributed by atoms with Gasteiger partial charge in [0.05, 0.1) is 28.3 Å². The van der Waals surface area contributed by atoms with Crippen molar-refractivity contribution in [3.05, 3.63) is 78.8 Å². The first-order chi connectivity index (χ1) is 22.2. The number of amides is 1. The number of halogens is 1. The number of rotatable bonds is 7. The number of hydrogen-bond acceptors (Lipinski definition) is 10. The second kappa shape index (κ2) is 11.9. The molecule has 0 radical (unpaired) electrons. The van der Waals surface area contributed by atoms with Crippen molar-refractivity contribution < 1.29 is 18.7 Å². The molecule has 12 nitrogen and oxygen atoms in total. The standard InChI is InChI=1S/C33H34FN9O3/c1-20-13-26(24(34)15-28(20)46-23-9-10-43-29(14-23)36-19-38-43)39-33-31-25(35-18-37-33)6-7-27-32(31)45-17-22-16-41(27)11-12-42(22)30(44)8-5-21(2)40(3)4/h5-10,13-15,18-19,21-22H,11-12,16-17H2,1-4H3,(H,35,37,39)/b8-5+/t21-,22-/m1/s1. The molecule has 2 aliphatic rings. The Morgan fingerprint density at radius 3 is 2.87 bits per heavy atom. The zero-order valence-electron chi connectivity index (χ0n) is 26.0. The van der Waals surface area contributed by atoms with Crippen LogP contribution in [0.2, 0.25) is 0 Å². The molecule has 1 amide bonds. The highest BCUT2D eigenvalue weighted by Gasteiger charge is 2.35. The number of fused-ring (bicyclic) bond motifs is 7. The lowest BCUT2D eigenvalue weighted by Crippen LogP contribution is -2.56. The summed E-state index contributed by atoms with van der Waals surface area (Å²) in [5.41, 5.74) is 3.12. The number of nitrogens with one attached hydrogen (secondary N) is 1. The summed E-state index contributed by atoms with van der Waals surface area (Å²) in [6.45, 7) is 6.06. The lowest BCUT2D eigenvalue weighted by molar-refractivity contribution is -0.129. The number of carbonyl (C=O) groups excluding carboxylic acids is 1. The van der Waals surface area contributed by atoms with Gasteiger partial charge < -0.3 is 29.5 Å². The molecule has 1 N–H and O–H groups in total. The monoisotopic (exact) mass is 623 g/mol. The molecule has 7 rings (SSSR count). The molecule has 2 atom stereocenters. The van der Waals surface area contributed by atoms with Crippen LogP contribution in [0.15, 0.2) is 67.4 Å². The second-order valence-corrected chi connectivity index (χ2v) is 11.8. The molecule has 13 heteroatoms. The zero-order valence-corrected chi connectivity index (χ0v) is 26.0. The van der Waals surface area contributed by atoms with Crippen LogP contribution in [-0.4, -0.2) is 92.7 Å². The molecule has 2 bridgehead atoms. The molecule has 236 valence electrons. The van der Waals surface area contributed by atoms with Crippen LogP contribution in [0.3, 0.4) is 0 Å². The molecule has 1 saturated heterocycles. The number of nitrogens with zero attached hydrogens (tertiary/aromatic N) is 8. The number of hydrogen-bond donors (Lipinski definition) is 1. The molecule has 1 fully saturated rings. The Labute approximate surface area is 265 Å². The molecule has 2 aromatic carbocycles. The minimum atomic E-state index is -0.510. The maximum atomic E-state index is 15.6. The third kappa shape index (κ3) is 5.53. The van der Waals surface area contributed by atoms with E-state index >= 15 is 4.39 Å². The van der Waals surface area contributed by atoms with Gasteiger partial charge in [-0.05, 0) is 57.8 Å². The number of piperazine rings is 1. The largest absolute Gasteiger partial charge is 0.488 e. The van der Waals surface area contributed by atoms with Gasteiger partial charge in [0.25, 0.3) is 0 Å². The minimum absolute atomic E-state index is 0.0270. The van der Waals surface area contributed by atoms with Crippen LogP contribution in [0.4, 0.5) is 21.6 Å². The van der Waals surface area contributed by atoms with Gasteiger partial charge in [0.1, 0.15) is 42.4 Å². The van der Waals surface area contributed by atoms with E-state index in [0.717, 1.165) is 11.3 Å². The van der Waals surface area contributed by atoms with E-state index in [1.807, 2.05) is 56.0 Å². The van der Waals surface area contributed by atoms with Crippen molar-refractivity contribution in [2.24, 2.45) is 0 Å². The average Bonchev–Trinajstić information content (AvgIpc) is 3.47. The Hall–Kier alpha value is -5.30. The third-order valence-corrected chi connectivity index (χ3v) is 8.59. The Morgan fingerprint density at radius 2 is 2.02 bits per heavy atom. The first-order valence-electron chi connectivity index (χ1n) is 15.1. The van der Waals surface area contributed by atoms with Crippen molar-refractivity contribution in [1.82, 2.24) is 34.4 Å². The van der Waals surface area contributed by atoms with Gasteiger partial charge in [-0.25, -0.2) is 23.9 Å². The first-order valence-corrected chi connectivity index (χ1v) is 15.1. The van der Waals surface area contributed by atoms with Gasteiger partial charge >= 0.3 is 0 Å². The highest BCUT2D eigenvalue weighted by atomic mass is 19.1. The maximum absolute atomic E-state index is 15.6. The number of aromatic nitrogens is 5. The molecule has 46 heavy (non-hydrogen) atoms. The van der Waals surface area contributed by atoms with Crippen LogP contribution in [0.25, 0.3) is 16.6 Å². The lowest BCUT2D eigenvalue weighted by atomic mass is 10.1. The van der Waals surface area contributed by atoms with Gasteiger partial charge in [0, 0.05) is 50.1 Å². The Bertz CT molecular complexity index is 1980. The van der Waals surface area contributed by atoms with Gasteiger partial charge in [-0.1, -0.05) is 6.08 Å². The smallest absolute Gasteiger partial charge is 0.246 e. The predicted molar refractivity (Wildman–Crippen MR) is 173 cm³/mol. The normalized spacial score (nSPS) is 16.9. The number of ether oxygens (including phenoxy) is 2. The van der Waals surface area contributed by atoms with E-state index in [0.29, 0.717) is 65.9 Å². The van der Waals surface area contributed by atoms with Crippen LogP contribution in [0.1, 0.15) is 12.5 Å². The maximum Gasteiger partial charge on any atom is 0.246 e. The van der Waals surface area contributed by atoms with Crippen molar-refractivity contribution >= 4 is 39.6 Å².